The summed E-state index contributed by atoms with van der Waals surface area (Å²) >= 11 is 6.48. The number of nitrogens with one attached hydrogen (secondary N) is 1. The zero-order valence-electron chi connectivity index (χ0n) is 20.3. The van der Waals surface area contributed by atoms with E-state index in [1.807, 2.05) is 6.07 Å². The van der Waals surface area contributed by atoms with E-state index < -0.39 is 11.9 Å². The van der Waals surface area contributed by atoms with Gasteiger partial charge in [-0.1, -0.05) is 11.6 Å². The van der Waals surface area contributed by atoms with Gasteiger partial charge in [-0.15, -0.1) is 0 Å². The van der Waals surface area contributed by atoms with Crippen LogP contribution in [0.2, 0.25) is 5.02 Å². The second-order valence-electron chi connectivity index (χ2n) is 9.91. The van der Waals surface area contributed by atoms with Crippen LogP contribution < -0.4 is 5.32 Å². The van der Waals surface area contributed by atoms with Crippen LogP contribution in [-0.2, 0) is 4.74 Å². The number of anilines is 1. The Labute approximate surface area is 209 Å². The summed E-state index contributed by atoms with van der Waals surface area (Å²) < 4.78 is 22.9. The molecular weight excluding hydrogens is 471 g/mol. The van der Waals surface area contributed by atoms with E-state index in [1.54, 1.807) is 0 Å². The van der Waals surface area contributed by atoms with Gasteiger partial charge in [-0.25, -0.2) is 19.3 Å². The van der Waals surface area contributed by atoms with Crippen molar-refractivity contribution in [1.29, 1.82) is 0 Å². The average molecular weight is 503 g/mol. The lowest BCUT2D eigenvalue weighted by Gasteiger charge is -2.29. The van der Waals surface area contributed by atoms with Crippen molar-refractivity contribution in [2.45, 2.75) is 57.2 Å². The highest BCUT2D eigenvalue weighted by atomic mass is 35.5. The molecule has 0 saturated carbocycles. The zero-order valence-corrected chi connectivity index (χ0v) is 21.1. The maximum atomic E-state index is 15.4. The molecule has 0 amide bonds. The van der Waals surface area contributed by atoms with Crippen LogP contribution >= 0.6 is 11.6 Å². The minimum Gasteiger partial charge on any atom is -0.389 e. The molecule has 5 rings (SSSR count). The molecule has 0 radical (unpaired) electrons. The van der Waals surface area contributed by atoms with Crippen LogP contribution in [0, 0.1) is 5.82 Å². The number of fused-ring (bicyclic) bond motifs is 1. The van der Waals surface area contributed by atoms with Crippen molar-refractivity contribution in [3.63, 3.8) is 0 Å². The summed E-state index contributed by atoms with van der Waals surface area (Å²) in [5, 5.41) is 13.7. The van der Waals surface area contributed by atoms with E-state index in [0.29, 0.717) is 46.7 Å². The van der Waals surface area contributed by atoms with Gasteiger partial charge in [-0.05, 0) is 65.4 Å². The summed E-state index contributed by atoms with van der Waals surface area (Å²) in [5.41, 5.74) is 2.12. The third kappa shape index (κ3) is 4.87. The molecule has 3 aromatic rings. The average Bonchev–Trinajstić information content (AvgIpc) is 3.22. The summed E-state index contributed by atoms with van der Waals surface area (Å²) in [6.07, 6.45) is 3.50. The molecule has 10 heteroatoms. The van der Waals surface area contributed by atoms with Crippen molar-refractivity contribution in [2.75, 3.05) is 38.7 Å². The van der Waals surface area contributed by atoms with Gasteiger partial charge in [0, 0.05) is 24.1 Å². The number of aliphatic hydroxyl groups is 1. The molecule has 0 bridgehead atoms. The van der Waals surface area contributed by atoms with E-state index in [9.17, 15) is 5.11 Å². The minimum absolute atomic E-state index is 0.123. The topological polar surface area (TPSA) is 88.3 Å². The molecule has 1 aromatic carbocycles. The molecule has 188 valence electrons. The molecule has 2 aromatic heterocycles. The summed E-state index contributed by atoms with van der Waals surface area (Å²) in [6, 6.07) is 3.26. The minimum atomic E-state index is -0.654. The van der Waals surface area contributed by atoms with Gasteiger partial charge >= 0.3 is 0 Å². The molecule has 8 nitrogen and oxygen atoms in total. The fraction of sp³-hybridized carbons (Fsp3) is 0.560. The Morgan fingerprint density at radius 1 is 1.20 bits per heavy atom. The van der Waals surface area contributed by atoms with Crippen molar-refractivity contribution in [1.82, 2.24) is 24.4 Å². The van der Waals surface area contributed by atoms with Gasteiger partial charge < -0.3 is 24.6 Å². The standard InChI is InChI=1S/C25H32ClFN6O2/c1-14(2)33-20-11-16(10-18(27)23(20)30-24(33)15-4-7-32(3)8-5-15)22-17(26)12-28-25(31-22)29-19-6-9-35-13-21(19)34/h10-12,14-15,19,21,34H,4-9,13H2,1-3H3,(H,28,29,31)/t19-,21-/m0/s1. The lowest BCUT2D eigenvalue weighted by molar-refractivity contribution is -0.0136. The second kappa shape index (κ2) is 9.97. The summed E-state index contributed by atoms with van der Waals surface area (Å²) in [7, 11) is 2.13. The predicted molar refractivity (Wildman–Crippen MR) is 134 cm³/mol. The fourth-order valence-electron chi connectivity index (χ4n) is 5.10. The summed E-state index contributed by atoms with van der Waals surface area (Å²) in [6.45, 7) is 7.03. The van der Waals surface area contributed by atoms with Crippen molar-refractivity contribution in [3.8, 4) is 11.3 Å². The first-order valence-corrected chi connectivity index (χ1v) is 12.6. The number of imidazole rings is 1. The van der Waals surface area contributed by atoms with Crippen LogP contribution in [0.1, 0.15) is 50.9 Å². The van der Waals surface area contributed by atoms with E-state index >= 15 is 4.39 Å². The molecule has 4 heterocycles. The Morgan fingerprint density at radius 3 is 2.69 bits per heavy atom. The number of nitrogens with zero attached hydrogens (tertiary/aromatic N) is 5. The van der Waals surface area contributed by atoms with Crippen LogP contribution in [0.4, 0.5) is 10.3 Å². The second-order valence-corrected chi connectivity index (χ2v) is 10.3. The number of benzene rings is 1. The van der Waals surface area contributed by atoms with E-state index in [2.05, 4.69) is 45.6 Å². The lowest BCUT2D eigenvalue weighted by atomic mass is 9.96. The number of aromatic nitrogens is 4. The molecule has 2 saturated heterocycles. The van der Waals surface area contributed by atoms with Gasteiger partial charge in [0.1, 0.15) is 11.3 Å². The van der Waals surface area contributed by atoms with Crippen LogP contribution in [0.15, 0.2) is 18.3 Å². The molecule has 0 spiro atoms. The number of likely N-dealkylation sites (tertiary alicyclic amines) is 1. The Kier molecular flexibility index (Phi) is 6.94. The first-order valence-electron chi connectivity index (χ1n) is 12.3. The van der Waals surface area contributed by atoms with E-state index in [0.717, 1.165) is 37.3 Å². The molecule has 2 aliphatic rings. The van der Waals surface area contributed by atoms with Gasteiger partial charge in [0.05, 0.1) is 41.2 Å². The molecule has 2 fully saturated rings. The number of ether oxygens (including phenoxy) is 1. The number of hydrogen-bond donors (Lipinski definition) is 2. The number of piperidine rings is 1. The molecule has 0 unspecified atom stereocenters. The van der Waals surface area contributed by atoms with Crippen LogP contribution in [0.5, 0.6) is 0 Å². The molecule has 2 atom stereocenters. The molecular formula is C25H32ClFN6O2. The smallest absolute Gasteiger partial charge is 0.223 e. The van der Waals surface area contributed by atoms with Gasteiger partial charge in [-0.3, -0.25) is 0 Å². The van der Waals surface area contributed by atoms with E-state index in [4.69, 9.17) is 21.3 Å². The maximum absolute atomic E-state index is 15.4. The molecule has 35 heavy (non-hydrogen) atoms. The Hall–Kier alpha value is -2.33. The number of hydrogen-bond acceptors (Lipinski definition) is 7. The number of rotatable bonds is 5. The molecule has 0 aliphatic carbocycles. The first kappa shape index (κ1) is 24.4. The highest BCUT2D eigenvalue weighted by molar-refractivity contribution is 6.33. The normalized spacial score (nSPS) is 22.3. The summed E-state index contributed by atoms with van der Waals surface area (Å²) in [5.74, 6) is 1.19. The highest BCUT2D eigenvalue weighted by Gasteiger charge is 2.28. The Balaban J connectivity index is 1.54. The van der Waals surface area contributed by atoms with Crippen molar-refractivity contribution in [2.24, 2.45) is 0 Å². The van der Waals surface area contributed by atoms with E-state index in [-0.39, 0.29) is 18.7 Å². The van der Waals surface area contributed by atoms with Gasteiger partial charge in [0.2, 0.25) is 5.95 Å². The number of aliphatic hydroxyl groups excluding tert-OH is 1. The monoisotopic (exact) mass is 502 g/mol. The predicted octanol–water partition coefficient (Wildman–Crippen LogP) is 4.24. The van der Waals surface area contributed by atoms with Gasteiger partial charge in [0.15, 0.2) is 5.82 Å². The Morgan fingerprint density at radius 2 is 1.97 bits per heavy atom. The highest BCUT2D eigenvalue weighted by Crippen LogP contribution is 2.36. The summed E-state index contributed by atoms with van der Waals surface area (Å²) in [4.78, 5) is 16.0. The Bertz CT molecular complexity index is 1210. The van der Waals surface area contributed by atoms with Gasteiger partial charge in [0.25, 0.3) is 0 Å². The SMILES string of the molecule is CC(C)n1c(C2CCN(C)CC2)nc2c(F)cc(-c3nc(N[C@H]4CCOC[C@@H]4O)ncc3Cl)cc21. The van der Waals surface area contributed by atoms with E-state index in [1.165, 1.54) is 12.3 Å². The first-order chi connectivity index (χ1) is 16.8. The largest absolute Gasteiger partial charge is 0.389 e. The van der Waals surface area contributed by atoms with Gasteiger partial charge in [-0.2, -0.15) is 0 Å². The maximum Gasteiger partial charge on any atom is 0.223 e. The van der Waals surface area contributed by atoms with Crippen molar-refractivity contribution in [3.05, 3.63) is 35.0 Å². The quantitative estimate of drug-likeness (QED) is 0.539. The fourth-order valence-corrected chi connectivity index (χ4v) is 5.30. The van der Waals surface area contributed by atoms with Crippen LogP contribution in [0.25, 0.3) is 22.3 Å². The zero-order chi connectivity index (χ0) is 24.7. The molecule has 2 N–H and O–H groups in total. The van der Waals surface area contributed by atoms with Crippen molar-refractivity contribution >= 4 is 28.6 Å². The third-order valence-electron chi connectivity index (χ3n) is 7.03. The molecule has 2 aliphatic heterocycles. The third-order valence-corrected chi connectivity index (χ3v) is 7.31. The number of halogens is 2. The van der Waals surface area contributed by atoms with Crippen LogP contribution in [0.3, 0.4) is 0 Å². The van der Waals surface area contributed by atoms with Crippen molar-refractivity contribution < 1.29 is 14.2 Å². The van der Waals surface area contributed by atoms with Crippen LogP contribution in [-0.4, -0.2) is 75.0 Å². The lowest BCUT2D eigenvalue weighted by Crippen LogP contribution is -2.42.